The van der Waals surface area contributed by atoms with Crippen molar-refractivity contribution in [3.05, 3.63) is 0 Å². The minimum absolute atomic E-state index is 0.686. The van der Waals surface area contributed by atoms with E-state index in [4.69, 9.17) is 9.47 Å². The second-order valence-corrected chi connectivity index (χ2v) is 7.76. The molecule has 0 aromatic heterocycles. The highest BCUT2D eigenvalue weighted by Crippen LogP contribution is 2.14. The largest absolute Gasteiger partial charge is 0.381 e. The van der Waals surface area contributed by atoms with Gasteiger partial charge in [-0.1, -0.05) is 0 Å². The van der Waals surface area contributed by atoms with Crippen molar-refractivity contribution in [2.45, 2.75) is 32.1 Å². The number of rotatable bonds is 10. The van der Waals surface area contributed by atoms with Crippen LogP contribution < -0.4 is 10.6 Å². The summed E-state index contributed by atoms with van der Waals surface area (Å²) in [6.45, 7) is 11.3. The molecule has 0 unspecified atom stereocenters. The van der Waals surface area contributed by atoms with Gasteiger partial charge in [0.15, 0.2) is 5.96 Å². The number of ether oxygens (including phenoxy) is 2. The Hall–Kier alpha value is -0.890. The number of nitrogens with zero attached hydrogens (tertiary/aromatic N) is 3. The third-order valence-electron chi connectivity index (χ3n) is 5.43. The highest BCUT2D eigenvalue weighted by atomic mass is 16.5. The molecule has 0 amide bonds. The first-order valence-electron chi connectivity index (χ1n) is 10.8. The molecule has 2 aliphatic heterocycles. The molecule has 0 saturated carbocycles. The molecule has 2 rings (SSSR count). The molecule has 0 aromatic carbocycles. The third-order valence-corrected chi connectivity index (χ3v) is 5.43. The van der Waals surface area contributed by atoms with E-state index in [2.05, 4.69) is 32.5 Å². The van der Waals surface area contributed by atoms with Gasteiger partial charge in [-0.2, -0.15) is 0 Å². The molecule has 2 heterocycles. The van der Waals surface area contributed by atoms with Gasteiger partial charge in [-0.15, -0.1) is 0 Å². The summed E-state index contributed by atoms with van der Waals surface area (Å²) < 4.78 is 11.2. The molecule has 158 valence electrons. The van der Waals surface area contributed by atoms with Gasteiger partial charge in [-0.25, -0.2) is 0 Å². The topological polar surface area (TPSA) is 61.4 Å². The van der Waals surface area contributed by atoms with Gasteiger partial charge in [-0.3, -0.25) is 4.99 Å². The first kappa shape index (κ1) is 22.4. The molecule has 0 spiro atoms. The van der Waals surface area contributed by atoms with E-state index < -0.39 is 0 Å². The normalized spacial score (nSPS) is 21.2. The summed E-state index contributed by atoms with van der Waals surface area (Å²) in [5.74, 6) is 1.58. The minimum atomic E-state index is 0.686. The third kappa shape index (κ3) is 10.3. The van der Waals surface area contributed by atoms with Gasteiger partial charge in [0, 0.05) is 59.7 Å². The van der Waals surface area contributed by atoms with E-state index in [0.29, 0.717) is 5.92 Å². The lowest BCUT2D eigenvalue weighted by Gasteiger charge is -2.21. The Morgan fingerprint density at radius 2 is 1.85 bits per heavy atom. The summed E-state index contributed by atoms with van der Waals surface area (Å²) in [5.41, 5.74) is 0. The second kappa shape index (κ2) is 14.2. The first-order valence-corrected chi connectivity index (χ1v) is 10.8. The average molecular weight is 384 g/mol. The van der Waals surface area contributed by atoms with Crippen LogP contribution in [0.25, 0.3) is 0 Å². The van der Waals surface area contributed by atoms with Crippen LogP contribution in [0.15, 0.2) is 4.99 Å². The van der Waals surface area contributed by atoms with Crippen LogP contribution in [0, 0.1) is 5.92 Å². The molecule has 0 bridgehead atoms. The SMILES string of the molecule is CN=C(NCCCOCC1CCOCC1)NCCCN1CCCN(C)CC1. The van der Waals surface area contributed by atoms with Crippen molar-refractivity contribution < 1.29 is 9.47 Å². The molecule has 2 saturated heterocycles. The highest BCUT2D eigenvalue weighted by Gasteiger charge is 2.13. The van der Waals surface area contributed by atoms with Crippen LogP contribution in [0.5, 0.6) is 0 Å². The van der Waals surface area contributed by atoms with Crippen LogP contribution >= 0.6 is 0 Å². The predicted octanol–water partition coefficient (Wildman–Crippen LogP) is 1.01. The van der Waals surface area contributed by atoms with E-state index in [0.717, 1.165) is 77.7 Å². The van der Waals surface area contributed by atoms with E-state index in [1.54, 1.807) is 0 Å². The van der Waals surface area contributed by atoms with E-state index in [-0.39, 0.29) is 0 Å². The molecule has 7 heteroatoms. The quantitative estimate of drug-likeness (QED) is 0.334. The summed E-state index contributed by atoms with van der Waals surface area (Å²) >= 11 is 0. The predicted molar refractivity (Wildman–Crippen MR) is 112 cm³/mol. The molecular weight excluding hydrogens is 342 g/mol. The van der Waals surface area contributed by atoms with Crippen LogP contribution in [-0.2, 0) is 9.47 Å². The van der Waals surface area contributed by atoms with Gasteiger partial charge in [0.25, 0.3) is 0 Å². The Morgan fingerprint density at radius 1 is 1.07 bits per heavy atom. The highest BCUT2D eigenvalue weighted by molar-refractivity contribution is 5.79. The van der Waals surface area contributed by atoms with Crippen molar-refractivity contribution in [3.63, 3.8) is 0 Å². The van der Waals surface area contributed by atoms with E-state index >= 15 is 0 Å². The maximum absolute atomic E-state index is 5.81. The zero-order valence-electron chi connectivity index (χ0n) is 17.5. The van der Waals surface area contributed by atoms with Gasteiger partial charge >= 0.3 is 0 Å². The van der Waals surface area contributed by atoms with Crippen LogP contribution in [0.3, 0.4) is 0 Å². The number of likely N-dealkylation sites (N-methyl/N-ethyl adjacent to an activating group) is 1. The smallest absolute Gasteiger partial charge is 0.190 e. The van der Waals surface area contributed by atoms with Crippen molar-refractivity contribution in [1.29, 1.82) is 0 Å². The fourth-order valence-electron chi connectivity index (χ4n) is 3.60. The van der Waals surface area contributed by atoms with Crippen molar-refractivity contribution in [2.75, 3.05) is 86.3 Å². The Labute approximate surface area is 165 Å². The van der Waals surface area contributed by atoms with Crippen LogP contribution in [0.2, 0.25) is 0 Å². The fraction of sp³-hybridized carbons (Fsp3) is 0.950. The maximum Gasteiger partial charge on any atom is 0.190 e. The Morgan fingerprint density at radius 3 is 2.63 bits per heavy atom. The lowest BCUT2D eigenvalue weighted by atomic mass is 10.0. The Bertz CT molecular complexity index is 402. The molecule has 0 radical (unpaired) electrons. The monoisotopic (exact) mass is 383 g/mol. The summed E-state index contributed by atoms with van der Waals surface area (Å²) in [6.07, 6.45) is 5.72. The first-order chi connectivity index (χ1) is 13.3. The molecule has 7 nitrogen and oxygen atoms in total. The number of nitrogens with one attached hydrogen (secondary N) is 2. The lowest BCUT2D eigenvalue weighted by molar-refractivity contribution is 0.0203. The van der Waals surface area contributed by atoms with Crippen LogP contribution in [0.4, 0.5) is 0 Å². The van der Waals surface area contributed by atoms with Crippen LogP contribution in [-0.4, -0.2) is 102 Å². The zero-order valence-corrected chi connectivity index (χ0v) is 17.5. The van der Waals surface area contributed by atoms with Crippen LogP contribution in [0.1, 0.15) is 32.1 Å². The average Bonchev–Trinajstić information content (AvgIpc) is 2.91. The molecular formula is C20H41N5O2. The maximum atomic E-state index is 5.81. The number of hydrogen-bond acceptors (Lipinski definition) is 5. The zero-order chi connectivity index (χ0) is 19.2. The number of hydrogen-bond donors (Lipinski definition) is 2. The molecule has 2 aliphatic rings. The van der Waals surface area contributed by atoms with Crippen molar-refractivity contribution in [3.8, 4) is 0 Å². The molecule has 2 fully saturated rings. The van der Waals surface area contributed by atoms with Gasteiger partial charge in [-0.05, 0) is 64.7 Å². The van der Waals surface area contributed by atoms with Gasteiger partial charge < -0.3 is 29.9 Å². The Balaban J connectivity index is 1.43. The molecule has 2 N–H and O–H groups in total. The molecule has 0 atom stereocenters. The Kier molecular flexibility index (Phi) is 11.7. The number of guanidine groups is 1. The lowest BCUT2D eigenvalue weighted by Crippen LogP contribution is -2.39. The standard InChI is InChI=1S/C20H41N5O2/c1-21-20(22-8-3-11-25-12-5-10-24(2)13-14-25)23-9-4-15-27-18-19-6-16-26-17-7-19/h19H,3-18H2,1-2H3,(H2,21,22,23). The van der Waals surface area contributed by atoms with Crippen molar-refractivity contribution in [2.24, 2.45) is 10.9 Å². The fourth-order valence-corrected chi connectivity index (χ4v) is 3.60. The summed E-state index contributed by atoms with van der Waals surface area (Å²) in [4.78, 5) is 9.32. The second-order valence-electron chi connectivity index (χ2n) is 7.76. The molecule has 27 heavy (non-hydrogen) atoms. The van der Waals surface area contributed by atoms with E-state index in [9.17, 15) is 0 Å². The van der Waals surface area contributed by atoms with Crippen molar-refractivity contribution in [1.82, 2.24) is 20.4 Å². The summed E-state index contributed by atoms with van der Waals surface area (Å²) in [6, 6.07) is 0. The van der Waals surface area contributed by atoms with E-state index in [1.165, 1.54) is 32.6 Å². The van der Waals surface area contributed by atoms with Crippen molar-refractivity contribution >= 4 is 5.96 Å². The van der Waals surface area contributed by atoms with E-state index in [1.807, 2.05) is 7.05 Å². The minimum Gasteiger partial charge on any atom is -0.381 e. The summed E-state index contributed by atoms with van der Waals surface area (Å²) in [7, 11) is 4.05. The molecule has 0 aromatic rings. The van der Waals surface area contributed by atoms with Gasteiger partial charge in [0.2, 0.25) is 0 Å². The molecule has 0 aliphatic carbocycles. The van der Waals surface area contributed by atoms with Gasteiger partial charge in [0.05, 0.1) is 0 Å². The summed E-state index contributed by atoms with van der Waals surface area (Å²) in [5, 5.41) is 6.80. The van der Waals surface area contributed by atoms with Gasteiger partial charge in [0.1, 0.15) is 0 Å². The number of aliphatic imine (C=N–C) groups is 1.